The molecule has 1 N–H and O–H groups in total. The van der Waals surface area contributed by atoms with Crippen LogP contribution in [0.25, 0.3) is 6.08 Å². The van der Waals surface area contributed by atoms with Crippen LogP contribution in [0.5, 0.6) is 0 Å². The van der Waals surface area contributed by atoms with Gasteiger partial charge >= 0.3 is 0 Å². The Kier molecular flexibility index (Phi) is 4.74. The van der Waals surface area contributed by atoms with Crippen molar-refractivity contribution in [1.29, 1.82) is 0 Å². The molecule has 2 aromatic rings. The van der Waals surface area contributed by atoms with Gasteiger partial charge in [0.15, 0.2) is 0 Å². The van der Waals surface area contributed by atoms with E-state index in [1.807, 2.05) is 56.3 Å². The molecule has 0 saturated heterocycles. The quantitative estimate of drug-likeness (QED) is 0.811. The Morgan fingerprint density at radius 1 is 1.10 bits per heavy atom. The van der Waals surface area contributed by atoms with Gasteiger partial charge in [-0.1, -0.05) is 46.3 Å². The van der Waals surface area contributed by atoms with Crippen molar-refractivity contribution in [2.45, 2.75) is 13.8 Å². The third-order valence-corrected chi connectivity index (χ3v) is 4.18. The summed E-state index contributed by atoms with van der Waals surface area (Å²) < 4.78 is 1.08. The Labute approximate surface area is 127 Å². The zero-order valence-electron chi connectivity index (χ0n) is 11.5. The number of carbonyl (C=O) groups is 1. The van der Waals surface area contributed by atoms with Gasteiger partial charge in [-0.3, -0.25) is 4.79 Å². The molecule has 0 aliphatic carbocycles. The molecule has 0 bridgehead atoms. The van der Waals surface area contributed by atoms with Crippen molar-refractivity contribution in [2.75, 3.05) is 5.32 Å². The number of halogens is 1. The van der Waals surface area contributed by atoms with E-state index in [4.69, 9.17) is 0 Å². The van der Waals surface area contributed by atoms with Crippen LogP contribution in [0.2, 0.25) is 0 Å². The van der Waals surface area contributed by atoms with E-state index in [-0.39, 0.29) is 5.91 Å². The molecule has 0 aromatic heterocycles. The maximum absolute atomic E-state index is 11.9. The number of anilines is 1. The number of nitrogens with one attached hydrogen (secondary N) is 1. The van der Waals surface area contributed by atoms with E-state index < -0.39 is 0 Å². The molecule has 0 aliphatic heterocycles. The largest absolute Gasteiger partial charge is 0.322 e. The predicted octanol–water partition coefficient (Wildman–Crippen LogP) is 4.72. The Balaban J connectivity index is 2.07. The molecule has 2 rings (SSSR count). The van der Waals surface area contributed by atoms with Gasteiger partial charge in [-0.05, 0) is 48.7 Å². The highest BCUT2D eigenvalue weighted by atomic mass is 79.9. The zero-order chi connectivity index (χ0) is 14.5. The van der Waals surface area contributed by atoms with Crippen molar-refractivity contribution in [1.82, 2.24) is 0 Å². The van der Waals surface area contributed by atoms with Gasteiger partial charge in [0.1, 0.15) is 0 Å². The molecule has 0 spiro atoms. The Morgan fingerprint density at radius 3 is 2.30 bits per heavy atom. The fourth-order valence-corrected chi connectivity index (χ4v) is 2.17. The number of carbonyl (C=O) groups excluding carboxylic acids is 1. The summed E-state index contributed by atoms with van der Waals surface area (Å²) in [5, 5.41) is 2.87. The molecular formula is C17H16BrNO. The van der Waals surface area contributed by atoms with Crippen molar-refractivity contribution in [2.24, 2.45) is 0 Å². The molecule has 20 heavy (non-hydrogen) atoms. The van der Waals surface area contributed by atoms with E-state index in [0.717, 1.165) is 26.9 Å². The molecule has 0 radical (unpaired) electrons. The second-order valence-electron chi connectivity index (χ2n) is 4.66. The third kappa shape index (κ3) is 3.81. The zero-order valence-corrected chi connectivity index (χ0v) is 13.1. The minimum absolute atomic E-state index is 0.130. The Hall–Kier alpha value is -1.87. The van der Waals surface area contributed by atoms with E-state index in [2.05, 4.69) is 21.2 Å². The summed E-state index contributed by atoms with van der Waals surface area (Å²) >= 11 is 3.51. The van der Waals surface area contributed by atoms with Gasteiger partial charge in [-0.15, -0.1) is 0 Å². The van der Waals surface area contributed by atoms with Gasteiger partial charge in [0.2, 0.25) is 5.91 Å². The topological polar surface area (TPSA) is 29.1 Å². The van der Waals surface area contributed by atoms with Crippen LogP contribution in [0.15, 0.2) is 53.0 Å². The molecule has 1 amide bonds. The first-order valence-corrected chi connectivity index (χ1v) is 7.16. The lowest BCUT2D eigenvalue weighted by atomic mass is 10.1. The van der Waals surface area contributed by atoms with Crippen LogP contribution in [0.3, 0.4) is 0 Å². The molecule has 0 aliphatic rings. The lowest BCUT2D eigenvalue weighted by Gasteiger charge is -2.08. The van der Waals surface area contributed by atoms with Crippen LogP contribution in [0, 0.1) is 13.8 Å². The van der Waals surface area contributed by atoms with Gasteiger partial charge in [0.25, 0.3) is 0 Å². The number of hydrogen-bond acceptors (Lipinski definition) is 1. The van der Waals surface area contributed by atoms with Crippen LogP contribution < -0.4 is 5.32 Å². The third-order valence-electron chi connectivity index (χ3n) is 2.93. The van der Waals surface area contributed by atoms with Crippen molar-refractivity contribution >= 4 is 33.6 Å². The summed E-state index contributed by atoms with van der Waals surface area (Å²) in [5.74, 6) is -0.130. The lowest BCUT2D eigenvalue weighted by molar-refractivity contribution is -0.111. The molecule has 102 valence electrons. The first kappa shape index (κ1) is 14.5. The van der Waals surface area contributed by atoms with Crippen LogP contribution in [-0.2, 0) is 4.79 Å². The van der Waals surface area contributed by atoms with Gasteiger partial charge < -0.3 is 5.32 Å². The van der Waals surface area contributed by atoms with Crippen molar-refractivity contribution in [3.63, 3.8) is 0 Å². The molecule has 0 fully saturated rings. The first-order chi connectivity index (χ1) is 9.56. The fourth-order valence-electron chi connectivity index (χ4n) is 1.94. The minimum Gasteiger partial charge on any atom is -0.322 e. The number of hydrogen-bond donors (Lipinski definition) is 1. The standard InChI is InChI=1S/C17H16BrNO/c1-12-10-15(11-13(2)17(12)18)19-16(20)9-8-14-6-4-3-5-7-14/h3-11H,1-2H3,(H,19,20)/b9-8+. The minimum atomic E-state index is -0.130. The number of rotatable bonds is 3. The number of aryl methyl sites for hydroxylation is 2. The highest BCUT2D eigenvalue weighted by Gasteiger charge is 2.04. The van der Waals surface area contributed by atoms with E-state index in [1.54, 1.807) is 12.2 Å². The molecule has 0 saturated carbocycles. The maximum atomic E-state index is 11.9. The fraction of sp³-hybridized carbons (Fsp3) is 0.118. The molecule has 2 nitrogen and oxygen atoms in total. The lowest BCUT2D eigenvalue weighted by Crippen LogP contribution is -2.08. The normalized spacial score (nSPS) is 10.8. The van der Waals surface area contributed by atoms with Crippen LogP contribution in [0.1, 0.15) is 16.7 Å². The van der Waals surface area contributed by atoms with Gasteiger partial charge in [-0.25, -0.2) is 0 Å². The SMILES string of the molecule is Cc1cc(NC(=O)/C=C/c2ccccc2)cc(C)c1Br. The second-order valence-corrected chi connectivity index (χ2v) is 5.45. The predicted molar refractivity (Wildman–Crippen MR) is 87.7 cm³/mol. The van der Waals surface area contributed by atoms with Gasteiger partial charge in [-0.2, -0.15) is 0 Å². The average molecular weight is 330 g/mol. The van der Waals surface area contributed by atoms with Crippen molar-refractivity contribution in [3.8, 4) is 0 Å². The van der Waals surface area contributed by atoms with Gasteiger partial charge in [0.05, 0.1) is 0 Å². The van der Waals surface area contributed by atoms with Gasteiger partial charge in [0, 0.05) is 16.2 Å². The molecule has 0 heterocycles. The Morgan fingerprint density at radius 2 is 1.70 bits per heavy atom. The summed E-state index contributed by atoms with van der Waals surface area (Å²) in [6.07, 6.45) is 3.34. The monoisotopic (exact) mass is 329 g/mol. The van der Waals surface area contributed by atoms with Crippen LogP contribution in [-0.4, -0.2) is 5.91 Å². The van der Waals surface area contributed by atoms with E-state index in [1.165, 1.54) is 0 Å². The molecule has 0 unspecified atom stereocenters. The number of benzene rings is 2. The van der Waals surface area contributed by atoms with Crippen LogP contribution >= 0.6 is 15.9 Å². The van der Waals surface area contributed by atoms with Crippen LogP contribution in [0.4, 0.5) is 5.69 Å². The highest BCUT2D eigenvalue weighted by molar-refractivity contribution is 9.10. The van der Waals surface area contributed by atoms with E-state index in [9.17, 15) is 4.79 Å². The summed E-state index contributed by atoms with van der Waals surface area (Å²) in [6, 6.07) is 13.6. The number of amides is 1. The van der Waals surface area contributed by atoms with E-state index >= 15 is 0 Å². The molecule has 0 atom stereocenters. The van der Waals surface area contributed by atoms with E-state index in [0.29, 0.717) is 0 Å². The second kappa shape index (κ2) is 6.53. The highest BCUT2D eigenvalue weighted by Crippen LogP contribution is 2.24. The molecular weight excluding hydrogens is 314 g/mol. The summed E-state index contributed by atoms with van der Waals surface area (Å²) in [4.78, 5) is 11.9. The first-order valence-electron chi connectivity index (χ1n) is 6.37. The molecule has 2 aromatic carbocycles. The summed E-state index contributed by atoms with van der Waals surface area (Å²) in [5.41, 5.74) is 4.02. The summed E-state index contributed by atoms with van der Waals surface area (Å²) in [6.45, 7) is 4.01. The maximum Gasteiger partial charge on any atom is 0.248 e. The van der Waals surface area contributed by atoms with Crippen molar-refractivity contribution < 1.29 is 4.79 Å². The Bertz CT molecular complexity index is 624. The molecule has 3 heteroatoms. The average Bonchev–Trinajstić information content (AvgIpc) is 2.43. The summed E-state index contributed by atoms with van der Waals surface area (Å²) in [7, 11) is 0. The van der Waals surface area contributed by atoms with Crippen molar-refractivity contribution in [3.05, 3.63) is 69.7 Å². The smallest absolute Gasteiger partial charge is 0.248 e.